The van der Waals surface area contributed by atoms with Gasteiger partial charge in [0.2, 0.25) is 5.91 Å². The monoisotopic (exact) mass is 308 g/mol. The Labute approximate surface area is 135 Å². The van der Waals surface area contributed by atoms with Crippen molar-refractivity contribution in [2.45, 2.75) is 19.4 Å². The van der Waals surface area contributed by atoms with Crippen LogP contribution < -0.4 is 10.1 Å². The lowest BCUT2D eigenvalue weighted by Crippen LogP contribution is -2.23. The number of aryl methyl sites for hydroxylation is 1. The summed E-state index contributed by atoms with van der Waals surface area (Å²) in [6.07, 6.45) is 3.13. The molecule has 0 radical (unpaired) electrons. The average Bonchev–Trinajstić information content (AvgIpc) is 3.06. The molecule has 1 heterocycles. The van der Waals surface area contributed by atoms with Gasteiger partial charge in [0.1, 0.15) is 5.75 Å². The number of para-hydroxylation sites is 1. The molecule has 4 heteroatoms. The van der Waals surface area contributed by atoms with E-state index in [4.69, 9.17) is 4.74 Å². The van der Waals surface area contributed by atoms with Crippen LogP contribution in [0, 0.1) is 0 Å². The number of carbonyl (C=O) groups excluding carboxylic acids is 1. The van der Waals surface area contributed by atoms with Crippen molar-refractivity contribution < 1.29 is 9.53 Å². The van der Waals surface area contributed by atoms with Crippen molar-refractivity contribution in [3.63, 3.8) is 0 Å². The SMILES string of the molecule is COc1ccccc1CNC(=O)CCc1ccc2cc[nH]c2c1. The molecule has 1 aromatic heterocycles. The minimum atomic E-state index is 0.0440. The van der Waals surface area contributed by atoms with Crippen molar-refractivity contribution in [3.8, 4) is 5.75 Å². The van der Waals surface area contributed by atoms with Gasteiger partial charge in [0, 0.05) is 30.2 Å². The number of rotatable bonds is 6. The Kier molecular flexibility index (Phi) is 4.62. The summed E-state index contributed by atoms with van der Waals surface area (Å²) in [6, 6.07) is 16.0. The summed E-state index contributed by atoms with van der Waals surface area (Å²) in [7, 11) is 1.64. The van der Waals surface area contributed by atoms with Gasteiger partial charge in [0.05, 0.1) is 7.11 Å². The second-order valence-electron chi connectivity index (χ2n) is 5.49. The summed E-state index contributed by atoms with van der Waals surface area (Å²) in [5.74, 6) is 0.840. The van der Waals surface area contributed by atoms with Gasteiger partial charge in [0.25, 0.3) is 0 Å². The molecule has 0 aliphatic rings. The zero-order chi connectivity index (χ0) is 16.1. The number of benzene rings is 2. The highest BCUT2D eigenvalue weighted by molar-refractivity contribution is 5.80. The van der Waals surface area contributed by atoms with Gasteiger partial charge in [-0.25, -0.2) is 0 Å². The molecule has 3 rings (SSSR count). The van der Waals surface area contributed by atoms with Crippen LogP contribution in [0.4, 0.5) is 0 Å². The van der Waals surface area contributed by atoms with E-state index < -0.39 is 0 Å². The number of amides is 1. The second-order valence-corrected chi connectivity index (χ2v) is 5.49. The topological polar surface area (TPSA) is 54.1 Å². The van der Waals surface area contributed by atoms with E-state index in [0.29, 0.717) is 13.0 Å². The van der Waals surface area contributed by atoms with Crippen molar-refractivity contribution in [1.82, 2.24) is 10.3 Å². The molecule has 2 N–H and O–H groups in total. The molecule has 118 valence electrons. The number of hydrogen-bond acceptors (Lipinski definition) is 2. The minimum absolute atomic E-state index is 0.0440. The predicted octanol–water partition coefficient (Wildman–Crippen LogP) is 3.43. The molecule has 0 unspecified atom stereocenters. The molecule has 4 nitrogen and oxygen atoms in total. The summed E-state index contributed by atoms with van der Waals surface area (Å²) >= 11 is 0. The Balaban J connectivity index is 1.53. The number of carbonyl (C=O) groups is 1. The van der Waals surface area contributed by atoms with E-state index in [2.05, 4.69) is 28.5 Å². The van der Waals surface area contributed by atoms with Crippen LogP contribution >= 0.6 is 0 Å². The van der Waals surface area contributed by atoms with Gasteiger partial charge < -0.3 is 15.0 Å². The van der Waals surface area contributed by atoms with E-state index in [1.54, 1.807) is 7.11 Å². The molecule has 0 fully saturated rings. The number of aromatic amines is 1. The highest BCUT2D eigenvalue weighted by atomic mass is 16.5. The van der Waals surface area contributed by atoms with Crippen LogP contribution in [-0.4, -0.2) is 18.0 Å². The molecular weight excluding hydrogens is 288 g/mol. The Morgan fingerprint density at radius 3 is 2.91 bits per heavy atom. The zero-order valence-electron chi connectivity index (χ0n) is 13.1. The maximum absolute atomic E-state index is 12.0. The summed E-state index contributed by atoms with van der Waals surface area (Å²) in [6.45, 7) is 0.485. The maximum atomic E-state index is 12.0. The lowest BCUT2D eigenvalue weighted by atomic mass is 10.1. The van der Waals surface area contributed by atoms with Crippen LogP contribution in [0.25, 0.3) is 10.9 Å². The number of ether oxygens (including phenoxy) is 1. The minimum Gasteiger partial charge on any atom is -0.496 e. The van der Waals surface area contributed by atoms with Gasteiger partial charge >= 0.3 is 0 Å². The first-order chi connectivity index (χ1) is 11.3. The first-order valence-corrected chi connectivity index (χ1v) is 7.71. The van der Waals surface area contributed by atoms with Gasteiger partial charge in [-0.05, 0) is 35.6 Å². The number of H-pyrrole nitrogens is 1. The van der Waals surface area contributed by atoms with Crippen molar-refractivity contribution in [1.29, 1.82) is 0 Å². The molecule has 1 amide bonds. The third-order valence-corrected chi connectivity index (χ3v) is 3.93. The lowest BCUT2D eigenvalue weighted by Gasteiger charge is -2.09. The van der Waals surface area contributed by atoms with Crippen molar-refractivity contribution in [3.05, 3.63) is 65.9 Å². The molecule has 0 spiro atoms. The first-order valence-electron chi connectivity index (χ1n) is 7.71. The van der Waals surface area contributed by atoms with Gasteiger partial charge in [-0.3, -0.25) is 4.79 Å². The predicted molar refractivity (Wildman–Crippen MR) is 91.5 cm³/mol. The Morgan fingerprint density at radius 2 is 2.04 bits per heavy atom. The third kappa shape index (κ3) is 3.72. The van der Waals surface area contributed by atoms with Crippen molar-refractivity contribution in [2.24, 2.45) is 0 Å². The average molecular weight is 308 g/mol. The van der Waals surface area contributed by atoms with Crippen LogP contribution in [0.3, 0.4) is 0 Å². The smallest absolute Gasteiger partial charge is 0.220 e. The molecular formula is C19H20N2O2. The summed E-state index contributed by atoms with van der Waals surface area (Å²) < 4.78 is 5.29. The van der Waals surface area contributed by atoms with E-state index in [9.17, 15) is 4.79 Å². The van der Waals surface area contributed by atoms with Crippen LogP contribution in [0.5, 0.6) is 5.75 Å². The van der Waals surface area contributed by atoms with Gasteiger partial charge in [-0.15, -0.1) is 0 Å². The highest BCUT2D eigenvalue weighted by Gasteiger charge is 2.06. The fraction of sp³-hybridized carbons (Fsp3) is 0.211. The molecule has 0 saturated heterocycles. The molecule has 0 saturated carbocycles. The molecule has 0 aliphatic carbocycles. The first kappa shape index (κ1) is 15.2. The van der Waals surface area contributed by atoms with Crippen LogP contribution in [-0.2, 0) is 17.8 Å². The summed E-state index contributed by atoms with van der Waals surface area (Å²) in [4.78, 5) is 15.2. The molecule has 0 atom stereocenters. The number of hydrogen-bond donors (Lipinski definition) is 2. The maximum Gasteiger partial charge on any atom is 0.220 e. The van der Waals surface area contributed by atoms with Crippen LogP contribution in [0.15, 0.2) is 54.7 Å². The molecule has 2 aromatic carbocycles. The van der Waals surface area contributed by atoms with E-state index in [1.165, 1.54) is 5.39 Å². The fourth-order valence-corrected chi connectivity index (χ4v) is 2.64. The van der Waals surface area contributed by atoms with E-state index >= 15 is 0 Å². The van der Waals surface area contributed by atoms with E-state index in [1.807, 2.05) is 36.5 Å². The fourth-order valence-electron chi connectivity index (χ4n) is 2.64. The molecule has 3 aromatic rings. The van der Waals surface area contributed by atoms with Gasteiger partial charge in [0.15, 0.2) is 0 Å². The number of fused-ring (bicyclic) bond motifs is 1. The van der Waals surface area contributed by atoms with Crippen LogP contribution in [0.2, 0.25) is 0 Å². The Hall–Kier alpha value is -2.75. The number of nitrogens with one attached hydrogen (secondary N) is 2. The quantitative estimate of drug-likeness (QED) is 0.733. The summed E-state index contributed by atoms with van der Waals surface area (Å²) in [5.41, 5.74) is 3.25. The molecule has 0 aliphatic heterocycles. The molecule has 23 heavy (non-hydrogen) atoms. The largest absolute Gasteiger partial charge is 0.496 e. The normalized spacial score (nSPS) is 10.7. The highest BCUT2D eigenvalue weighted by Crippen LogP contribution is 2.17. The van der Waals surface area contributed by atoms with E-state index in [-0.39, 0.29) is 5.91 Å². The molecule has 0 bridgehead atoms. The van der Waals surface area contributed by atoms with Gasteiger partial charge in [-0.2, -0.15) is 0 Å². The van der Waals surface area contributed by atoms with Crippen molar-refractivity contribution in [2.75, 3.05) is 7.11 Å². The number of aromatic nitrogens is 1. The summed E-state index contributed by atoms with van der Waals surface area (Å²) in [5, 5.41) is 4.14. The van der Waals surface area contributed by atoms with Gasteiger partial charge in [-0.1, -0.05) is 30.3 Å². The number of methoxy groups -OCH3 is 1. The third-order valence-electron chi connectivity index (χ3n) is 3.93. The zero-order valence-corrected chi connectivity index (χ0v) is 13.1. The standard InChI is InChI=1S/C19H20N2O2/c1-23-18-5-3-2-4-16(18)13-21-19(22)9-7-14-6-8-15-10-11-20-17(15)12-14/h2-6,8,10-12,20H,7,9,13H2,1H3,(H,21,22). The Morgan fingerprint density at radius 1 is 1.17 bits per heavy atom. The van der Waals surface area contributed by atoms with Crippen LogP contribution in [0.1, 0.15) is 17.5 Å². The van der Waals surface area contributed by atoms with Crippen molar-refractivity contribution >= 4 is 16.8 Å². The Bertz CT molecular complexity index is 808. The lowest BCUT2D eigenvalue weighted by molar-refractivity contribution is -0.121. The second kappa shape index (κ2) is 7.01. The van der Waals surface area contributed by atoms with E-state index in [0.717, 1.165) is 28.8 Å².